The standard InChI is InChI=1S/C14H21NO/c1-11(14(2)8-9-14)15-10-7-12-3-5-13(16)6-4-12/h3-6,11,15-16H,7-10H2,1-2H3. The minimum atomic E-state index is 0.343. The largest absolute Gasteiger partial charge is 0.508 e. The van der Waals surface area contributed by atoms with E-state index < -0.39 is 0 Å². The van der Waals surface area contributed by atoms with Crippen molar-refractivity contribution < 1.29 is 5.11 Å². The van der Waals surface area contributed by atoms with Gasteiger partial charge in [-0.1, -0.05) is 19.1 Å². The Morgan fingerprint density at radius 2 is 1.94 bits per heavy atom. The number of benzene rings is 1. The Morgan fingerprint density at radius 1 is 1.31 bits per heavy atom. The molecule has 0 radical (unpaired) electrons. The molecular weight excluding hydrogens is 198 g/mol. The van der Waals surface area contributed by atoms with Crippen LogP contribution in [-0.4, -0.2) is 17.7 Å². The van der Waals surface area contributed by atoms with Crippen LogP contribution in [0.4, 0.5) is 0 Å². The summed E-state index contributed by atoms with van der Waals surface area (Å²) in [5, 5.41) is 12.8. The summed E-state index contributed by atoms with van der Waals surface area (Å²) in [6, 6.07) is 8.09. The van der Waals surface area contributed by atoms with Gasteiger partial charge in [0.05, 0.1) is 0 Å². The highest BCUT2D eigenvalue weighted by Gasteiger charge is 2.41. The van der Waals surface area contributed by atoms with Crippen LogP contribution in [0.25, 0.3) is 0 Å². The van der Waals surface area contributed by atoms with E-state index in [-0.39, 0.29) is 0 Å². The Labute approximate surface area is 97.7 Å². The number of rotatable bonds is 5. The third kappa shape index (κ3) is 2.76. The molecule has 0 amide bonds. The van der Waals surface area contributed by atoms with Gasteiger partial charge in [-0.15, -0.1) is 0 Å². The van der Waals surface area contributed by atoms with Crippen LogP contribution in [0.1, 0.15) is 32.3 Å². The van der Waals surface area contributed by atoms with E-state index in [1.807, 2.05) is 12.1 Å². The van der Waals surface area contributed by atoms with Gasteiger partial charge in [-0.2, -0.15) is 0 Å². The molecule has 1 aromatic rings. The molecule has 1 fully saturated rings. The van der Waals surface area contributed by atoms with Gasteiger partial charge in [0.2, 0.25) is 0 Å². The third-order valence-corrected chi connectivity index (χ3v) is 3.88. The van der Waals surface area contributed by atoms with Crippen LogP contribution in [0.2, 0.25) is 0 Å². The van der Waals surface area contributed by atoms with Crippen LogP contribution >= 0.6 is 0 Å². The first-order valence-corrected chi connectivity index (χ1v) is 6.11. The summed E-state index contributed by atoms with van der Waals surface area (Å²) in [7, 11) is 0. The highest BCUT2D eigenvalue weighted by atomic mass is 16.3. The van der Waals surface area contributed by atoms with Crippen molar-refractivity contribution >= 4 is 0 Å². The van der Waals surface area contributed by atoms with Crippen LogP contribution in [0.15, 0.2) is 24.3 Å². The summed E-state index contributed by atoms with van der Waals surface area (Å²) in [5.41, 5.74) is 1.83. The first-order chi connectivity index (χ1) is 7.60. The fraction of sp³-hybridized carbons (Fsp3) is 0.571. The molecule has 2 N–H and O–H groups in total. The van der Waals surface area contributed by atoms with Gasteiger partial charge in [-0.05, 0) is 55.8 Å². The Kier molecular flexibility index (Phi) is 3.20. The predicted molar refractivity (Wildman–Crippen MR) is 66.6 cm³/mol. The number of hydrogen-bond donors (Lipinski definition) is 2. The van der Waals surface area contributed by atoms with Gasteiger partial charge < -0.3 is 10.4 Å². The van der Waals surface area contributed by atoms with Crippen molar-refractivity contribution in [2.75, 3.05) is 6.54 Å². The molecule has 16 heavy (non-hydrogen) atoms. The minimum Gasteiger partial charge on any atom is -0.508 e. The molecular formula is C14H21NO. The van der Waals surface area contributed by atoms with Crippen LogP contribution in [0.5, 0.6) is 5.75 Å². The van der Waals surface area contributed by atoms with Gasteiger partial charge >= 0.3 is 0 Å². The maximum atomic E-state index is 9.17. The monoisotopic (exact) mass is 219 g/mol. The van der Waals surface area contributed by atoms with Crippen molar-refractivity contribution in [3.05, 3.63) is 29.8 Å². The fourth-order valence-electron chi connectivity index (χ4n) is 1.97. The van der Waals surface area contributed by atoms with Crippen molar-refractivity contribution in [2.24, 2.45) is 5.41 Å². The molecule has 1 aliphatic rings. The van der Waals surface area contributed by atoms with E-state index in [0.717, 1.165) is 13.0 Å². The molecule has 0 spiro atoms. The van der Waals surface area contributed by atoms with E-state index in [1.54, 1.807) is 12.1 Å². The molecule has 1 aromatic carbocycles. The molecule has 1 unspecified atom stereocenters. The van der Waals surface area contributed by atoms with Crippen molar-refractivity contribution in [2.45, 2.75) is 39.2 Å². The molecule has 1 aliphatic carbocycles. The van der Waals surface area contributed by atoms with E-state index in [1.165, 1.54) is 18.4 Å². The third-order valence-electron chi connectivity index (χ3n) is 3.88. The zero-order valence-electron chi connectivity index (χ0n) is 10.2. The highest BCUT2D eigenvalue weighted by molar-refractivity contribution is 5.26. The molecule has 1 saturated carbocycles. The van der Waals surface area contributed by atoms with Crippen molar-refractivity contribution in [1.29, 1.82) is 0 Å². The zero-order valence-corrected chi connectivity index (χ0v) is 10.2. The van der Waals surface area contributed by atoms with Gasteiger partial charge in [0.15, 0.2) is 0 Å². The second-order valence-electron chi connectivity index (χ2n) is 5.25. The lowest BCUT2D eigenvalue weighted by atomic mass is 10.0. The Hall–Kier alpha value is -1.02. The molecule has 0 aromatic heterocycles. The molecule has 0 heterocycles. The first kappa shape index (κ1) is 11.5. The van der Waals surface area contributed by atoms with E-state index in [2.05, 4.69) is 19.2 Å². The second kappa shape index (κ2) is 4.46. The number of nitrogens with one attached hydrogen (secondary N) is 1. The molecule has 0 bridgehead atoms. The maximum Gasteiger partial charge on any atom is 0.115 e. The molecule has 0 saturated heterocycles. The van der Waals surface area contributed by atoms with Crippen LogP contribution in [0.3, 0.4) is 0 Å². The topological polar surface area (TPSA) is 32.3 Å². The smallest absolute Gasteiger partial charge is 0.115 e. The lowest BCUT2D eigenvalue weighted by Crippen LogP contribution is -2.34. The highest BCUT2D eigenvalue weighted by Crippen LogP contribution is 2.47. The molecule has 2 nitrogen and oxygen atoms in total. The number of hydrogen-bond acceptors (Lipinski definition) is 2. The minimum absolute atomic E-state index is 0.343. The summed E-state index contributed by atoms with van der Waals surface area (Å²) in [6.07, 6.45) is 3.75. The number of phenolic OH excluding ortho intramolecular Hbond substituents is 1. The zero-order chi connectivity index (χ0) is 11.6. The van der Waals surface area contributed by atoms with Gasteiger partial charge in [0.25, 0.3) is 0 Å². The fourth-order valence-corrected chi connectivity index (χ4v) is 1.97. The van der Waals surface area contributed by atoms with Crippen molar-refractivity contribution in [1.82, 2.24) is 5.32 Å². The van der Waals surface area contributed by atoms with Crippen LogP contribution < -0.4 is 5.32 Å². The quantitative estimate of drug-likeness (QED) is 0.798. The average molecular weight is 219 g/mol. The van der Waals surface area contributed by atoms with E-state index >= 15 is 0 Å². The van der Waals surface area contributed by atoms with Crippen LogP contribution in [0, 0.1) is 5.41 Å². The van der Waals surface area contributed by atoms with Gasteiger partial charge in [0.1, 0.15) is 5.75 Å². The Bertz CT molecular complexity index is 340. The van der Waals surface area contributed by atoms with Crippen molar-refractivity contribution in [3.8, 4) is 5.75 Å². The summed E-state index contributed by atoms with van der Waals surface area (Å²) in [4.78, 5) is 0. The number of aromatic hydroxyl groups is 1. The van der Waals surface area contributed by atoms with E-state index in [4.69, 9.17) is 5.11 Å². The molecule has 2 heteroatoms. The second-order valence-corrected chi connectivity index (χ2v) is 5.25. The molecule has 2 rings (SSSR count). The summed E-state index contributed by atoms with van der Waals surface area (Å²) < 4.78 is 0. The van der Waals surface area contributed by atoms with Gasteiger partial charge in [-0.25, -0.2) is 0 Å². The first-order valence-electron chi connectivity index (χ1n) is 6.11. The molecule has 0 aliphatic heterocycles. The van der Waals surface area contributed by atoms with Crippen LogP contribution in [-0.2, 0) is 6.42 Å². The Morgan fingerprint density at radius 3 is 2.50 bits per heavy atom. The Balaban J connectivity index is 1.73. The molecule has 1 atom stereocenters. The average Bonchev–Trinajstić information content (AvgIpc) is 3.01. The summed E-state index contributed by atoms with van der Waals surface area (Å²) in [6.45, 7) is 5.65. The maximum absolute atomic E-state index is 9.17. The summed E-state index contributed by atoms with van der Waals surface area (Å²) >= 11 is 0. The van der Waals surface area contributed by atoms with Crippen molar-refractivity contribution in [3.63, 3.8) is 0 Å². The lowest BCUT2D eigenvalue weighted by Gasteiger charge is -2.20. The normalized spacial score (nSPS) is 19.4. The van der Waals surface area contributed by atoms with Gasteiger partial charge in [0, 0.05) is 6.04 Å². The SMILES string of the molecule is CC(NCCc1ccc(O)cc1)C1(C)CC1. The number of phenols is 1. The summed E-state index contributed by atoms with van der Waals surface area (Å²) in [5.74, 6) is 0.343. The van der Waals surface area contributed by atoms with Gasteiger partial charge in [-0.3, -0.25) is 0 Å². The van der Waals surface area contributed by atoms with E-state index in [0.29, 0.717) is 17.2 Å². The lowest BCUT2D eigenvalue weighted by molar-refractivity contribution is 0.383. The predicted octanol–water partition coefficient (Wildman–Crippen LogP) is 2.71. The van der Waals surface area contributed by atoms with E-state index in [9.17, 15) is 0 Å². The molecule has 88 valence electrons.